The van der Waals surface area contributed by atoms with Crippen LogP contribution in [0.2, 0.25) is 0 Å². The molecule has 0 spiro atoms. The Labute approximate surface area is 245 Å². The molecule has 0 saturated carbocycles. The lowest BCUT2D eigenvalue weighted by Gasteiger charge is -2.34. The molecule has 0 radical (unpaired) electrons. The van der Waals surface area contributed by atoms with Crippen molar-refractivity contribution in [3.63, 3.8) is 0 Å². The molecule has 0 aromatic heterocycles. The predicted octanol–water partition coefficient (Wildman–Crippen LogP) is 2.75. The van der Waals surface area contributed by atoms with Crippen LogP contribution >= 0.6 is 0 Å². The highest BCUT2D eigenvalue weighted by Gasteiger charge is 2.34. The highest BCUT2D eigenvalue weighted by Crippen LogP contribution is 2.12. The van der Waals surface area contributed by atoms with Crippen LogP contribution in [0, 0.1) is 17.8 Å². The lowest BCUT2D eigenvalue weighted by Crippen LogP contribution is -2.59. The third-order valence-electron chi connectivity index (χ3n) is 6.15. The summed E-state index contributed by atoms with van der Waals surface area (Å²) in [4.78, 5) is 59.9. The molecule has 0 bridgehead atoms. The summed E-state index contributed by atoms with van der Waals surface area (Å²) in [5, 5.41) is 2.95. The van der Waals surface area contributed by atoms with Gasteiger partial charge in [-0.3, -0.25) is 24.0 Å². The first-order valence-electron chi connectivity index (χ1n) is 14.6. The summed E-state index contributed by atoms with van der Waals surface area (Å²) in [6.45, 7) is 13.5. The summed E-state index contributed by atoms with van der Waals surface area (Å²) >= 11 is 0. The number of rotatable bonds is 27. The molecule has 0 rings (SSSR count). The van der Waals surface area contributed by atoms with Crippen molar-refractivity contribution in [3.8, 4) is 0 Å². The van der Waals surface area contributed by atoms with Crippen molar-refractivity contribution < 1.29 is 47.7 Å². The summed E-state index contributed by atoms with van der Waals surface area (Å²) in [7, 11) is 0. The molecule has 0 aliphatic heterocycles. The number of amides is 1. The molecular formula is C30H53NO10. The summed E-state index contributed by atoms with van der Waals surface area (Å²) in [5.41, 5.74) is -1.12. The van der Waals surface area contributed by atoms with E-state index in [0.29, 0.717) is 0 Å². The maximum absolute atomic E-state index is 12.9. The fourth-order valence-corrected chi connectivity index (χ4v) is 3.26. The van der Waals surface area contributed by atoms with Gasteiger partial charge in [-0.05, 0) is 6.92 Å². The maximum Gasteiger partial charge on any atom is 0.222 e. The highest BCUT2D eigenvalue weighted by molar-refractivity contribution is 5.81. The Balaban J connectivity index is 5.17. The van der Waals surface area contributed by atoms with Crippen LogP contribution in [0.4, 0.5) is 0 Å². The van der Waals surface area contributed by atoms with Gasteiger partial charge in [0.15, 0.2) is 5.78 Å². The van der Waals surface area contributed by atoms with E-state index in [1.165, 1.54) is 6.92 Å². The fraction of sp³-hybridized carbons (Fsp3) is 0.833. The van der Waals surface area contributed by atoms with Crippen molar-refractivity contribution >= 4 is 29.0 Å². The number of ketones is 4. The molecule has 0 aromatic rings. The summed E-state index contributed by atoms with van der Waals surface area (Å²) < 4.78 is 28.1. The number of carbonyl (C=O) groups excluding carboxylic acids is 5. The van der Waals surface area contributed by atoms with Crippen LogP contribution in [-0.4, -0.2) is 101 Å². The van der Waals surface area contributed by atoms with E-state index in [9.17, 15) is 24.0 Å². The van der Waals surface area contributed by atoms with Gasteiger partial charge in [-0.25, -0.2) is 0 Å². The third-order valence-corrected chi connectivity index (χ3v) is 6.15. The molecule has 0 saturated heterocycles. The van der Waals surface area contributed by atoms with Crippen LogP contribution < -0.4 is 5.32 Å². The summed E-state index contributed by atoms with van der Waals surface area (Å²) in [6, 6.07) is 0. The topological polar surface area (TPSA) is 144 Å². The van der Waals surface area contributed by atoms with Crippen LogP contribution in [0.3, 0.4) is 0 Å². The predicted molar refractivity (Wildman–Crippen MR) is 154 cm³/mol. The Morgan fingerprint density at radius 3 is 1.39 bits per heavy atom. The van der Waals surface area contributed by atoms with Gasteiger partial charge in [-0.2, -0.15) is 0 Å². The largest absolute Gasteiger partial charge is 0.379 e. The average molecular weight is 588 g/mol. The lowest BCUT2D eigenvalue weighted by atomic mass is 10.0. The van der Waals surface area contributed by atoms with Crippen molar-refractivity contribution in [2.45, 2.75) is 79.7 Å². The second kappa shape index (κ2) is 22.5. The minimum atomic E-state index is -1.12. The van der Waals surface area contributed by atoms with E-state index in [1.54, 1.807) is 0 Å². The SMILES string of the molecule is CC(=O)CCOCC(COCCC(=O)C(C)C)(COCCC(=O)C(C)C)NC(=O)CCOCCOCC(=O)C(C)C. The van der Waals surface area contributed by atoms with Gasteiger partial charge in [-0.1, -0.05) is 41.5 Å². The molecule has 0 atom stereocenters. The number of hydrogen-bond donors (Lipinski definition) is 1. The molecule has 11 heteroatoms. The number of ether oxygens (including phenoxy) is 5. The molecule has 41 heavy (non-hydrogen) atoms. The van der Waals surface area contributed by atoms with Gasteiger partial charge in [-0.15, -0.1) is 0 Å². The van der Waals surface area contributed by atoms with Gasteiger partial charge < -0.3 is 29.0 Å². The molecule has 0 heterocycles. The van der Waals surface area contributed by atoms with Gasteiger partial charge in [0.2, 0.25) is 5.91 Å². The van der Waals surface area contributed by atoms with Gasteiger partial charge in [0.25, 0.3) is 0 Å². The molecule has 0 aromatic carbocycles. The number of hydrogen-bond acceptors (Lipinski definition) is 10. The Hall–Kier alpha value is -2.05. The standard InChI is InChI=1S/C30H53NO10/c1-22(2)26(33)9-13-40-20-30(19-39-12-8-25(7)32,21-41-14-10-27(34)23(3)4)31-29(36)11-15-37-16-17-38-18-28(35)24(5)6/h22-24H,8-21H2,1-7H3,(H,31,36). The van der Waals surface area contributed by atoms with E-state index in [-0.39, 0.29) is 139 Å². The Bertz CT molecular complexity index is 766. The summed E-state index contributed by atoms with van der Waals surface area (Å²) in [6.07, 6.45) is 0.721. The molecular weight excluding hydrogens is 534 g/mol. The van der Waals surface area contributed by atoms with Crippen LogP contribution in [-0.2, 0) is 47.7 Å². The van der Waals surface area contributed by atoms with Crippen molar-refractivity contribution in [2.24, 2.45) is 17.8 Å². The zero-order valence-corrected chi connectivity index (χ0v) is 26.2. The Kier molecular flexibility index (Phi) is 21.4. The van der Waals surface area contributed by atoms with Crippen molar-refractivity contribution in [1.29, 1.82) is 0 Å². The average Bonchev–Trinajstić information content (AvgIpc) is 2.90. The zero-order valence-electron chi connectivity index (χ0n) is 26.2. The van der Waals surface area contributed by atoms with Crippen molar-refractivity contribution in [3.05, 3.63) is 0 Å². The summed E-state index contributed by atoms with van der Waals surface area (Å²) in [5.74, 6) is -0.530. The zero-order chi connectivity index (χ0) is 31.3. The molecule has 0 aliphatic carbocycles. The quantitative estimate of drug-likeness (QED) is 0.143. The second-order valence-electron chi connectivity index (χ2n) is 11.2. The molecule has 0 fully saturated rings. The van der Waals surface area contributed by atoms with Gasteiger partial charge in [0.05, 0.1) is 59.5 Å². The van der Waals surface area contributed by atoms with E-state index >= 15 is 0 Å². The number of carbonyl (C=O) groups is 5. The molecule has 11 nitrogen and oxygen atoms in total. The maximum atomic E-state index is 12.9. The van der Waals surface area contributed by atoms with Crippen molar-refractivity contribution in [2.75, 3.05) is 66.1 Å². The Morgan fingerprint density at radius 1 is 0.537 bits per heavy atom. The fourth-order valence-electron chi connectivity index (χ4n) is 3.26. The Morgan fingerprint density at radius 2 is 0.951 bits per heavy atom. The van der Waals surface area contributed by atoms with Crippen LogP contribution in [0.1, 0.15) is 74.1 Å². The van der Waals surface area contributed by atoms with E-state index in [1.807, 2.05) is 41.5 Å². The lowest BCUT2D eigenvalue weighted by molar-refractivity contribution is -0.131. The first kappa shape index (κ1) is 39.0. The molecule has 0 unspecified atom stereocenters. The first-order valence-corrected chi connectivity index (χ1v) is 14.6. The van der Waals surface area contributed by atoms with Gasteiger partial charge >= 0.3 is 0 Å². The van der Waals surface area contributed by atoms with E-state index < -0.39 is 5.54 Å². The third kappa shape index (κ3) is 20.5. The van der Waals surface area contributed by atoms with Gasteiger partial charge in [0.1, 0.15) is 29.5 Å². The molecule has 0 aliphatic rings. The minimum absolute atomic E-state index is 0.000844. The first-order chi connectivity index (χ1) is 19.3. The van der Waals surface area contributed by atoms with E-state index in [2.05, 4.69) is 5.32 Å². The number of nitrogens with one attached hydrogen (secondary N) is 1. The minimum Gasteiger partial charge on any atom is -0.379 e. The van der Waals surface area contributed by atoms with Crippen molar-refractivity contribution in [1.82, 2.24) is 5.32 Å². The molecule has 1 N–H and O–H groups in total. The van der Waals surface area contributed by atoms with Crippen LogP contribution in [0.25, 0.3) is 0 Å². The monoisotopic (exact) mass is 587 g/mol. The highest BCUT2D eigenvalue weighted by atomic mass is 16.5. The second-order valence-corrected chi connectivity index (χ2v) is 11.2. The smallest absolute Gasteiger partial charge is 0.222 e. The van der Waals surface area contributed by atoms with E-state index in [4.69, 9.17) is 23.7 Å². The normalized spacial score (nSPS) is 11.9. The van der Waals surface area contributed by atoms with E-state index in [0.717, 1.165) is 0 Å². The van der Waals surface area contributed by atoms with Crippen LogP contribution in [0.15, 0.2) is 0 Å². The van der Waals surface area contributed by atoms with Crippen LogP contribution in [0.5, 0.6) is 0 Å². The number of Topliss-reactive ketones (excluding diaryl/α,β-unsaturated/α-hetero) is 4. The van der Waals surface area contributed by atoms with Gasteiger partial charge in [0, 0.05) is 43.4 Å². The molecule has 1 amide bonds. The molecule has 238 valence electrons.